The highest BCUT2D eigenvalue weighted by Crippen LogP contribution is 2.15. The summed E-state index contributed by atoms with van der Waals surface area (Å²) in [5.41, 5.74) is 6.64. The van der Waals surface area contributed by atoms with Crippen molar-refractivity contribution in [2.45, 2.75) is 6.54 Å². The fourth-order valence-corrected chi connectivity index (χ4v) is 1.68. The number of nitrogens with two attached hydrogens (primary N) is 1. The fraction of sp³-hybridized carbons (Fsp3) is 0.100. The van der Waals surface area contributed by atoms with Crippen LogP contribution in [0, 0.1) is 9.39 Å². The maximum Gasteiger partial charge on any atom is 0.149 e. The molecule has 0 bridgehead atoms. The highest BCUT2D eigenvalue weighted by Gasteiger charge is 2.06. The van der Waals surface area contributed by atoms with Gasteiger partial charge in [-0.25, -0.2) is 9.07 Å². The number of benzene rings is 1. The van der Waals surface area contributed by atoms with Crippen molar-refractivity contribution in [3.63, 3.8) is 0 Å². The van der Waals surface area contributed by atoms with Crippen LogP contribution in [0.5, 0.6) is 0 Å². The molecular formula is C10H9FIN3. The summed E-state index contributed by atoms with van der Waals surface area (Å²) in [5.74, 6) is -0.308. The van der Waals surface area contributed by atoms with Crippen molar-refractivity contribution in [1.82, 2.24) is 9.78 Å². The van der Waals surface area contributed by atoms with Gasteiger partial charge in [0.1, 0.15) is 11.5 Å². The molecule has 78 valence electrons. The Labute approximate surface area is 100 Å². The average Bonchev–Trinajstić information content (AvgIpc) is 2.64. The second-order valence-electron chi connectivity index (χ2n) is 3.09. The average molecular weight is 317 g/mol. The maximum absolute atomic E-state index is 13.6. The van der Waals surface area contributed by atoms with Crippen LogP contribution in [-0.4, -0.2) is 9.78 Å². The van der Waals surface area contributed by atoms with Crippen LogP contribution in [0.2, 0.25) is 0 Å². The summed E-state index contributed by atoms with van der Waals surface area (Å²) in [7, 11) is 0. The van der Waals surface area contributed by atoms with Crippen LogP contribution in [0.1, 0.15) is 5.56 Å². The Hall–Kier alpha value is -0.950. The summed E-state index contributed by atoms with van der Waals surface area (Å²) in [5, 5.41) is 4.04. The predicted molar refractivity (Wildman–Crippen MR) is 64.1 cm³/mol. The second kappa shape index (κ2) is 4.28. The predicted octanol–water partition coefficient (Wildman–Crippen LogP) is 2.07. The first kappa shape index (κ1) is 10.6. The molecule has 0 spiro atoms. The summed E-state index contributed by atoms with van der Waals surface area (Å²) in [4.78, 5) is 0. The second-order valence-corrected chi connectivity index (χ2v) is 4.34. The normalized spacial score (nSPS) is 10.6. The molecule has 0 fully saturated rings. The van der Waals surface area contributed by atoms with Gasteiger partial charge >= 0.3 is 0 Å². The lowest BCUT2D eigenvalue weighted by molar-refractivity contribution is 0.608. The summed E-state index contributed by atoms with van der Waals surface area (Å²) >= 11 is 2.13. The third-order valence-corrected chi connectivity index (χ3v) is 2.60. The van der Waals surface area contributed by atoms with Gasteiger partial charge < -0.3 is 5.73 Å². The smallest absolute Gasteiger partial charge is 0.149 e. The first-order chi connectivity index (χ1) is 7.20. The highest BCUT2D eigenvalue weighted by atomic mass is 127. The Kier molecular flexibility index (Phi) is 3.01. The number of aromatic nitrogens is 2. The van der Waals surface area contributed by atoms with Gasteiger partial charge in [-0.2, -0.15) is 5.10 Å². The zero-order chi connectivity index (χ0) is 10.8. The largest absolute Gasteiger partial charge is 0.326 e. The molecule has 0 aliphatic heterocycles. The van der Waals surface area contributed by atoms with Crippen molar-refractivity contribution < 1.29 is 4.39 Å². The lowest BCUT2D eigenvalue weighted by atomic mass is 10.2. The first-order valence-electron chi connectivity index (χ1n) is 4.40. The van der Waals surface area contributed by atoms with E-state index in [0.29, 0.717) is 12.2 Å². The molecule has 2 aromatic rings. The minimum Gasteiger partial charge on any atom is -0.326 e. The van der Waals surface area contributed by atoms with Crippen LogP contribution < -0.4 is 5.73 Å². The van der Waals surface area contributed by atoms with E-state index in [4.69, 9.17) is 5.73 Å². The minimum atomic E-state index is -0.308. The Bertz CT molecular complexity index is 481. The Morgan fingerprint density at radius 3 is 2.80 bits per heavy atom. The van der Waals surface area contributed by atoms with Gasteiger partial charge in [-0.3, -0.25) is 0 Å². The van der Waals surface area contributed by atoms with Crippen molar-refractivity contribution in [1.29, 1.82) is 0 Å². The van der Waals surface area contributed by atoms with Crippen LogP contribution in [0.25, 0.3) is 5.69 Å². The molecule has 1 aromatic carbocycles. The topological polar surface area (TPSA) is 43.8 Å². The molecule has 3 nitrogen and oxygen atoms in total. The number of hydrogen-bond acceptors (Lipinski definition) is 2. The molecule has 2 N–H and O–H groups in total. The van der Waals surface area contributed by atoms with E-state index in [9.17, 15) is 4.39 Å². The Morgan fingerprint density at radius 1 is 1.47 bits per heavy atom. The van der Waals surface area contributed by atoms with Crippen LogP contribution in [0.15, 0.2) is 30.6 Å². The van der Waals surface area contributed by atoms with Crippen LogP contribution in [-0.2, 0) is 6.54 Å². The number of nitrogens with zero attached hydrogens (tertiary/aromatic N) is 2. The molecule has 0 radical (unpaired) electrons. The molecule has 1 heterocycles. The van der Waals surface area contributed by atoms with Crippen molar-refractivity contribution in [2.24, 2.45) is 5.73 Å². The number of hydrogen-bond donors (Lipinski definition) is 1. The quantitative estimate of drug-likeness (QED) is 0.862. The van der Waals surface area contributed by atoms with Crippen LogP contribution in [0.4, 0.5) is 4.39 Å². The molecule has 15 heavy (non-hydrogen) atoms. The molecule has 0 aliphatic carbocycles. The van der Waals surface area contributed by atoms with E-state index < -0.39 is 0 Å². The van der Waals surface area contributed by atoms with E-state index in [0.717, 1.165) is 9.13 Å². The van der Waals surface area contributed by atoms with Gasteiger partial charge in [0.25, 0.3) is 0 Å². The number of rotatable bonds is 2. The standard InChI is InChI=1S/C10H9FIN3/c11-9-3-7(4-13)1-2-10(9)15-6-8(12)5-14-15/h1-3,5-6H,4,13H2. The van der Waals surface area contributed by atoms with Gasteiger partial charge in [-0.15, -0.1) is 0 Å². The molecule has 0 unspecified atom stereocenters. The zero-order valence-corrected chi connectivity index (χ0v) is 9.98. The van der Waals surface area contributed by atoms with Crippen molar-refractivity contribution in [3.8, 4) is 5.69 Å². The molecule has 0 saturated carbocycles. The van der Waals surface area contributed by atoms with Crippen LogP contribution >= 0.6 is 22.6 Å². The first-order valence-corrected chi connectivity index (χ1v) is 5.47. The van der Waals surface area contributed by atoms with E-state index in [-0.39, 0.29) is 5.82 Å². The molecule has 2 rings (SSSR count). The molecule has 0 atom stereocenters. The maximum atomic E-state index is 13.6. The fourth-order valence-electron chi connectivity index (χ4n) is 1.30. The van der Waals surface area contributed by atoms with Crippen molar-refractivity contribution in [2.75, 3.05) is 0 Å². The molecular weight excluding hydrogens is 308 g/mol. The van der Waals surface area contributed by atoms with Gasteiger partial charge in [-0.05, 0) is 40.3 Å². The SMILES string of the molecule is NCc1ccc(-n2cc(I)cn2)c(F)c1. The van der Waals surface area contributed by atoms with Gasteiger partial charge in [0.15, 0.2) is 0 Å². The third-order valence-electron chi connectivity index (χ3n) is 2.05. The molecule has 0 saturated heterocycles. The highest BCUT2D eigenvalue weighted by molar-refractivity contribution is 14.1. The molecule has 1 aromatic heterocycles. The van der Waals surface area contributed by atoms with Gasteiger partial charge in [0.05, 0.1) is 9.77 Å². The Morgan fingerprint density at radius 2 is 2.27 bits per heavy atom. The summed E-state index contributed by atoms with van der Waals surface area (Å²) in [6.07, 6.45) is 3.44. The van der Waals surface area contributed by atoms with Gasteiger partial charge in [-0.1, -0.05) is 6.07 Å². The summed E-state index contributed by atoms with van der Waals surface area (Å²) in [6.45, 7) is 0.341. The van der Waals surface area contributed by atoms with E-state index in [1.807, 2.05) is 0 Å². The summed E-state index contributed by atoms with van der Waals surface area (Å²) < 4.78 is 16.1. The van der Waals surface area contributed by atoms with Crippen molar-refractivity contribution in [3.05, 3.63) is 45.5 Å². The monoisotopic (exact) mass is 317 g/mol. The zero-order valence-electron chi connectivity index (χ0n) is 7.82. The summed E-state index contributed by atoms with van der Waals surface area (Å²) in [6, 6.07) is 4.91. The lowest BCUT2D eigenvalue weighted by Crippen LogP contribution is -2.01. The van der Waals surface area contributed by atoms with Crippen molar-refractivity contribution >= 4 is 22.6 Å². The minimum absolute atomic E-state index is 0.308. The van der Waals surface area contributed by atoms with Crippen LogP contribution in [0.3, 0.4) is 0 Å². The van der Waals surface area contributed by atoms with E-state index in [2.05, 4.69) is 27.7 Å². The number of halogens is 2. The van der Waals surface area contributed by atoms with E-state index >= 15 is 0 Å². The molecule has 0 amide bonds. The van der Waals surface area contributed by atoms with Gasteiger partial charge in [0.2, 0.25) is 0 Å². The lowest BCUT2D eigenvalue weighted by Gasteiger charge is -2.04. The third kappa shape index (κ3) is 2.18. The Balaban J connectivity index is 2.45. The molecule has 0 aliphatic rings. The van der Waals surface area contributed by atoms with Gasteiger partial charge in [0, 0.05) is 12.7 Å². The van der Waals surface area contributed by atoms with E-state index in [1.54, 1.807) is 24.5 Å². The van der Waals surface area contributed by atoms with E-state index in [1.165, 1.54) is 10.7 Å². The molecule has 5 heteroatoms.